The van der Waals surface area contributed by atoms with Crippen molar-refractivity contribution in [3.8, 4) is 0 Å². The lowest BCUT2D eigenvalue weighted by Crippen LogP contribution is -2.72. The van der Waals surface area contributed by atoms with Gasteiger partial charge in [-0.25, -0.2) is 0 Å². The highest BCUT2D eigenvalue weighted by molar-refractivity contribution is 6.01. The van der Waals surface area contributed by atoms with E-state index in [1.807, 2.05) is 0 Å². The zero-order valence-corrected chi connectivity index (χ0v) is 27.3. The molecule has 2 saturated heterocycles. The van der Waals surface area contributed by atoms with Crippen molar-refractivity contribution in [2.24, 2.45) is 22.2 Å². The normalized spacial score (nSPS) is 39.2. The van der Waals surface area contributed by atoms with Crippen LogP contribution in [0.15, 0.2) is 35.2 Å². The van der Waals surface area contributed by atoms with Crippen LogP contribution in [0.4, 0.5) is 0 Å². The minimum Gasteiger partial charge on any atom is -0.472 e. The highest BCUT2D eigenvalue weighted by Gasteiger charge is 2.82. The van der Waals surface area contributed by atoms with Crippen molar-refractivity contribution in [1.29, 1.82) is 0 Å². The maximum Gasteiger partial charge on any atom is 0.309 e. The molecule has 13 heteroatoms. The molecule has 13 nitrogen and oxygen atoms in total. The maximum absolute atomic E-state index is 15.5. The number of hydrogen-bond donors (Lipinski definition) is 0. The van der Waals surface area contributed by atoms with Crippen molar-refractivity contribution >= 4 is 35.6 Å². The van der Waals surface area contributed by atoms with Gasteiger partial charge in [0, 0.05) is 49.2 Å². The van der Waals surface area contributed by atoms with Gasteiger partial charge in [0.05, 0.1) is 37.9 Å². The third-order valence-electron chi connectivity index (χ3n) is 10.8. The number of Topliss-reactive ketones (excluding diaryl/α,β-unsaturated/α-hetero) is 1. The predicted octanol–water partition coefficient (Wildman–Crippen LogP) is 3.33. The van der Waals surface area contributed by atoms with Crippen LogP contribution in [0.2, 0.25) is 0 Å². The van der Waals surface area contributed by atoms with E-state index < -0.39 is 99.8 Å². The second kappa shape index (κ2) is 10.8. The number of methoxy groups -OCH3 is 1. The Morgan fingerprint density at radius 3 is 2.20 bits per heavy atom. The number of esters is 5. The Morgan fingerprint density at radius 1 is 1.00 bits per heavy atom. The molecule has 0 radical (unpaired) electrons. The van der Waals surface area contributed by atoms with Crippen LogP contribution in [-0.4, -0.2) is 72.3 Å². The first-order valence-corrected chi connectivity index (χ1v) is 15.1. The third-order valence-corrected chi connectivity index (χ3v) is 10.8. The Labute approximate surface area is 266 Å². The second-order valence-corrected chi connectivity index (χ2v) is 13.8. The molecular formula is C33H40O13. The van der Waals surface area contributed by atoms with Gasteiger partial charge in [0.2, 0.25) is 0 Å². The first-order chi connectivity index (χ1) is 21.3. The van der Waals surface area contributed by atoms with E-state index in [4.69, 9.17) is 32.8 Å². The summed E-state index contributed by atoms with van der Waals surface area (Å²) in [5, 5.41) is 0. The van der Waals surface area contributed by atoms with Crippen molar-refractivity contribution in [3.63, 3.8) is 0 Å². The van der Waals surface area contributed by atoms with Crippen molar-refractivity contribution in [1.82, 2.24) is 0 Å². The van der Waals surface area contributed by atoms with Gasteiger partial charge in [-0.1, -0.05) is 27.4 Å². The summed E-state index contributed by atoms with van der Waals surface area (Å²) >= 11 is 0. The van der Waals surface area contributed by atoms with Gasteiger partial charge in [-0.3, -0.25) is 28.8 Å². The molecule has 250 valence electrons. The van der Waals surface area contributed by atoms with E-state index in [1.165, 1.54) is 26.6 Å². The molecule has 2 bridgehead atoms. The van der Waals surface area contributed by atoms with Crippen LogP contribution in [0.25, 0.3) is 0 Å². The number of ether oxygens (including phenoxy) is 6. The van der Waals surface area contributed by atoms with Crippen molar-refractivity contribution in [2.45, 2.75) is 103 Å². The van der Waals surface area contributed by atoms with Crippen LogP contribution in [0.1, 0.15) is 79.4 Å². The van der Waals surface area contributed by atoms with Crippen LogP contribution in [-0.2, 0) is 57.2 Å². The number of ketones is 1. The number of cyclic esters (lactones) is 1. The zero-order valence-electron chi connectivity index (χ0n) is 27.3. The number of furan rings is 1. The van der Waals surface area contributed by atoms with Crippen LogP contribution in [0.3, 0.4) is 0 Å². The van der Waals surface area contributed by atoms with Crippen LogP contribution >= 0.6 is 0 Å². The lowest BCUT2D eigenvalue weighted by Gasteiger charge is -2.61. The van der Waals surface area contributed by atoms with Gasteiger partial charge >= 0.3 is 29.8 Å². The molecule has 9 atom stereocenters. The maximum atomic E-state index is 15.5. The highest BCUT2D eigenvalue weighted by atomic mass is 16.6. The van der Waals surface area contributed by atoms with Crippen LogP contribution in [0, 0.1) is 22.2 Å². The molecule has 2 saturated carbocycles. The van der Waals surface area contributed by atoms with Gasteiger partial charge in [0.1, 0.15) is 23.9 Å². The fourth-order valence-electron chi connectivity index (χ4n) is 8.93. The topological polar surface area (TPSA) is 171 Å². The largest absolute Gasteiger partial charge is 0.472 e. The highest BCUT2D eigenvalue weighted by Crippen LogP contribution is 2.72. The van der Waals surface area contributed by atoms with E-state index in [2.05, 4.69) is 6.58 Å². The molecular weight excluding hydrogens is 604 g/mol. The average molecular weight is 645 g/mol. The number of hydrogen-bond acceptors (Lipinski definition) is 13. The van der Waals surface area contributed by atoms with Gasteiger partial charge in [-0.05, 0) is 18.9 Å². The first kappa shape index (κ1) is 33.4. The van der Waals surface area contributed by atoms with E-state index in [0.29, 0.717) is 5.56 Å². The smallest absolute Gasteiger partial charge is 0.309 e. The van der Waals surface area contributed by atoms with Gasteiger partial charge in [0.25, 0.3) is 0 Å². The zero-order chi connectivity index (χ0) is 34.2. The molecule has 4 aliphatic rings. The van der Waals surface area contributed by atoms with Gasteiger partial charge in [0.15, 0.2) is 17.5 Å². The minimum atomic E-state index is -2.07. The van der Waals surface area contributed by atoms with Crippen molar-refractivity contribution in [3.05, 3.63) is 36.3 Å². The monoisotopic (exact) mass is 644 g/mol. The quantitative estimate of drug-likeness (QED) is 0.251. The predicted molar refractivity (Wildman–Crippen MR) is 154 cm³/mol. The van der Waals surface area contributed by atoms with Gasteiger partial charge in [-0.2, -0.15) is 0 Å². The van der Waals surface area contributed by atoms with Gasteiger partial charge < -0.3 is 32.8 Å². The summed E-state index contributed by atoms with van der Waals surface area (Å²) in [5.41, 5.74) is -7.63. The third kappa shape index (κ3) is 4.44. The molecule has 9 unspecified atom stereocenters. The van der Waals surface area contributed by atoms with Crippen molar-refractivity contribution in [2.75, 3.05) is 7.11 Å². The molecule has 1 aromatic heterocycles. The summed E-state index contributed by atoms with van der Waals surface area (Å²) < 4.78 is 41.0. The lowest BCUT2D eigenvalue weighted by molar-refractivity contribution is -0.291. The molecule has 5 rings (SSSR count). The van der Waals surface area contributed by atoms with Crippen molar-refractivity contribution < 1.29 is 61.6 Å². The Kier molecular flexibility index (Phi) is 7.82. The number of carbonyl (C=O) groups is 6. The molecule has 0 aromatic carbocycles. The Bertz CT molecular complexity index is 1510. The Balaban J connectivity index is 1.86. The number of carbonyl (C=O) groups excluding carboxylic acids is 6. The van der Waals surface area contributed by atoms with Gasteiger partial charge in [-0.15, -0.1) is 0 Å². The summed E-state index contributed by atoms with van der Waals surface area (Å²) in [4.78, 5) is 80.2. The molecule has 2 aliphatic carbocycles. The molecule has 4 fully saturated rings. The fraction of sp³-hybridized carbons (Fsp3) is 0.636. The average Bonchev–Trinajstić information content (AvgIpc) is 3.53. The summed E-state index contributed by atoms with van der Waals surface area (Å²) in [7, 11) is 1.20. The van der Waals surface area contributed by atoms with Crippen LogP contribution < -0.4 is 0 Å². The standard InChI is InChI=1S/C33H40O13/c1-16-32(45-19(4)36)15-30(7)25(20-10-11-41-14-20)44-23(38)13-33(16,30)46-27-24(42-17(2)34)26(43-18(3)35)29(5,6)21(12-22(37)40-9)31(27,8)28(32)39/h10-11,14,21,24-27H,1,12-13,15H2,2-9H3. The lowest BCUT2D eigenvalue weighted by atomic mass is 9.49. The van der Waals surface area contributed by atoms with Crippen LogP contribution in [0.5, 0.6) is 0 Å². The molecule has 0 N–H and O–H groups in total. The van der Waals surface area contributed by atoms with E-state index in [1.54, 1.807) is 33.8 Å². The first-order valence-electron chi connectivity index (χ1n) is 15.1. The number of rotatable bonds is 6. The molecule has 1 aromatic rings. The fourth-order valence-corrected chi connectivity index (χ4v) is 8.93. The summed E-state index contributed by atoms with van der Waals surface area (Å²) in [6.45, 7) is 14.5. The molecule has 2 aliphatic heterocycles. The second-order valence-electron chi connectivity index (χ2n) is 13.8. The molecule has 0 amide bonds. The SMILES string of the molecule is C=C1C2(OC(C)=O)CC3(C)C(c4ccoc4)OC(=O)CC13OC1C(OC(C)=O)C(OC(C)=O)C(C)(C)C(CC(=O)OC)C1(C)C2=O. The van der Waals surface area contributed by atoms with E-state index >= 15 is 4.79 Å². The summed E-state index contributed by atoms with van der Waals surface area (Å²) in [5.74, 6) is -5.29. The van der Waals surface area contributed by atoms with E-state index in [0.717, 1.165) is 13.8 Å². The minimum absolute atomic E-state index is 0.0173. The Morgan fingerprint density at radius 2 is 1.65 bits per heavy atom. The van der Waals surface area contributed by atoms with E-state index in [9.17, 15) is 24.0 Å². The molecule has 3 heterocycles. The summed E-state index contributed by atoms with van der Waals surface area (Å²) in [6, 6.07) is 1.61. The summed E-state index contributed by atoms with van der Waals surface area (Å²) in [6.07, 6.45) is -3.29. The van der Waals surface area contributed by atoms with E-state index in [-0.39, 0.29) is 18.4 Å². The Hall–Kier alpha value is -4.00. The molecule has 46 heavy (non-hydrogen) atoms. The number of fused-ring (bicyclic) bond motifs is 2. The molecule has 1 spiro atoms.